The summed E-state index contributed by atoms with van der Waals surface area (Å²) in [4.78, 5) is 12.0. The van der Waals surface area contributed by atoms with Crippen molar-refractivity contribution in [2.24, 2.45) is 5.92 Å². The first-order valence-electron chi connectivity index (χ1n) is 6.14. The zero-order chi connectivity index (χ0) is 11.3. The number of amides is 1. The molecule has 0 aromatic heterocycles. The van der Waals surface area contributed by atoms with Crippen LogP contribution in [-0.4, -0.2) is 24.5 Å². The minimum Gasteiger partial charge on any atom is -0.351 e. The van der Waals surface area contributed by atoms with E-state index in [-0.39, 0.29) is 29.8 Å². The molecule has 0 saturated carbocycles. The van der Waals surface area contributed by atoms with Gasteiger partial charge in [-0.3, -0.25) is 4.79 Å². The van der Waals surface area contributed by atoms with E-state index in [1.165, 1.54) is 0 Å². The molecule has 1 fully saturated rings. The Morgan fingerprint density at radius 1 is 1.31 bits per heavy atom. The molecule has 0 bridgehead atoms. The molecule has 16 heavy (non-hydrogen) atoms. The molecule has 3 nitrogen and oxygen atoms in total. The van der Waals surface area contributed by atoms with Crippen molar-refractivity contribution in [3.05, 3.63) is 0 Å². The average molecular weight is 249 g/mol. The van der Waals surface area contributed by atoms with Crippen molar-refractivity contribution in [1.82, 2.24) is 10.6 Å². The first-order valence-corrected chi connectivity index (χ1v) is 6.14. The minimum absolute atomic E-state index is 0. The van der Waals surface area contributed by atoms with E-state index in [0.717, 1.165) is 38.8 Å². The molecule has 0 radical (unpaired) electrons. The summed E-state index contributed by atoms with van der Waals surface area (Å²) in [6.07, 6.45) is 3.96. The number of rotatable bonds is 4. The molecule has 0 aliphatic carbocycles. The van der Waals surface area contributed by atoms with E-state index in [1.807, 2.05) is 0 Å². The maximum absolute atomic E-state index is 12.0. The van der Waals surface area contributed by atoms with Crippen LogP contribution in [0.5, 0.6) is 0 Å². The number of carbonyl (C=O) groups is 1. The van der Waals surface area contributed by atoms with E-state index in [4.69, 9.17) is 0 Å². The maximum atomic E-state index is 12.0. The van der Waals surface area contributed by atoms with Gasteiger partial charge in [-0.1, -0.05) is 13.8 Å². The SMILES string of the molecule is CCC(C)(CC)NC(=O)C1CCNCC1.Cl. The lowest BCUT2D eigenvalue weighted by atomic mass is 9.92. The summed E-state index contributed by atoms with van der Waals surface area (Å²) in [5.74, 6) is 0.478. The summed E-state index contributed by atoms with van der Waals surface area (Å²) in [6.45, 7) is 8.35. The van der Waals surface area contributed by atoms with Crippen molar-refractivity contribution < 1.29 is 4.79 Å². The van der Waals surface area contributed by atoms with Gasteiger partial charge in [0.05, 0.1) is 0 Å². The molecule has 0 aromatic rings. The zero-order valence-electron chi connectivity index (χ0n) is 10.6. The van der Waals surface area contributed by atoms with Crippen LogP contribution in [0.25, 0.3) is 0 Å². The van der Waals surface area contributed by atoms with Gasteiger partial charge in [0.15, 0.2) is 0 Å². The van der Waals surface area contributed by atoms with Crippen LogP contribution in [0.15, 0.2) is 0 Å². The number of halogens is 1. The molecule has 0 spiro atoms. The van der Waals surface area contributed by atoms with Gasteiger partial charge in [-0.05, 0) is 45.7 Å². The number of carbonyl (C=O) groups excluding carboxylic acids is 1. The number of hydrogen-bond donors (Lipinski definition) is 2. The van der Waals surface area contributed by atoms with Gasteiger partial charge in [0.1, 0.15) is 0 Å². The molecule has 4 heteroatoms. The van der Waals surface area contributed by atoms with Gasteiger partial charge in [0, 0.05) is 11.5 Å². The molecular formula is C12H25ClN2O. The van der Waals surface area contributed by atoms with E-state index in [1.54, 1.807) is 0 Å². The molecule has 1 aliphatic rings. The lowest BCUT2D eigenvalue weighted by Gasteiger charge is -2.31. The molecular weight excluding hydrogens is 224 g/mol. The van der Waals surface area contributed by atoms with E-state index in [0.29, 0.717) is 0 Å². The van der Waals surface area contributed by atoms with Crippen LogP contribution >= 0.6 is 12.4 Å². The second kappa shape index (κ2) is 7.13. The minimum atomic E-state index is -0.0119. The lowest BCUT2D eigenvalue weighted by molar-refractivity contribution is -0.127. The predicted molar refractivity (Wildman–Crippen MR) is 70.0 cm³/mol. The van der Waals surface area contributed by atoms with E-state index >= 15 is 0 Å². The van der Waals surface area contributed by atoms with Gasteiger partial charge in [-0.2, -0.15) is 0 Å². The number of piperidine rings is 1. The van der Waals surface area contributed by atoms with Crippen molar-refractivity contribution in [2.75, 3.05) is 13.1 Å². The summed E-state index contributed by atoms with van der Waals surface area (Å²) in [5.41, 5.74) is -0.0119. The zero-order valence-corrected chi connectivity index (χ0v) is 11.5. The lowest BCUT2D eigenvalue weighted by Crippen LogP contribution is -2.49. The number of hydrogen-bond acceptors (Lipinski definition) is 2. The van der Waals surface area contributed by atoms with Crippen LogP contribution in [0.1, 0.15) is 46.5 Å². The summed E-state index contributed by atoms with van der Waals surface area (Å²) < 4.78 is 0. The largest absolute Gasteiger partial charge is 0.351 e. The smallest absolute Gasteiger partial charge is 0.223 e. The fourth-order valence-corrected chi connectivity index (χ4v) is 1.91. The normalized spacial score (nSPS) is 17.7. The van der Waals surface area contributed by atoms with Gasteiger partial charge in [0.25, 0.3) is 0 Å². The van der Waals surface area contributed by atoms with Gasteiger partial charge in [-0.15, -0.1) is 12.4 Å². The Bertz CT molecular complexity index is 211. The fourth-order valence-electron chi connectivity index (χ4n) is 1.91. The highest BCUT2D eigenvalue weighted by Gasteiger charge is 2.27. The second-order valence-corrected chi connectivity index (χ2v) is 4.78. The van der Waals surface area contributed by atoms with Gasteiger partial charge >= 0.3 is 0 Å². The van der Waals surface area contributed by atoms with Crippen LogP contribution in [0.2, 0.25) is 0 Å². The average Bonchev–Trinajstić information content (AvgIpc) is 2.30. The predicted octanol–water partition coefficient (Wildman–Crippen LogP) is 2.10. The highest BCUT2D eigenvalue weighted by atomic mass is 35.5. The Morgan fingerprint density at radius 2 is 1.81 bits per heavy atom. The van der Waals surface area contributed by atoms with Crippen LogP contribution in [-0.2, 0) is 4.79 Å². The Hall–Kier alpha value is -0.280. The first kappa shape index (κ1) is 15.7. The molecule has 2 N–H and O–H groups in total. The molecule has 1 aliphatic heterocycles. The van der Waals surface area contributed by atoms with Crippen LogP contribution in [0.3, 0.4) is 0 Å². The Morgan fingerprint density at radius 3 is 2.25 bits per heavy atom. The molecule has 1 rings (SSSR count). The summed E-state index contributed by atoms with van der Waals surface area (Å²) >= 11 is 0. The third kappa shape index (κ3) is 4.30. The fraction of sp³-hybridized carbons (Fsp3) is 0.917. The van der Waals surface area contributed by atoms with E-state index < -0.39 is 0 Å². The first-order chi connectivity index (χ1) is 7.11. The summed E-state index contributed by atoms with van der Waals surface area (Å²) in [5, 5.41) is 6.48. The quantitative estimate of drug-likeness (QED) is 0.800. The topological polar surface area (TPSA) is 41.1 Å². The molecule has 0 atom stereocenters. The van der Waals surface area contributed by atoms with Crippen molar-refractivity contribution in [3.63, 3.8) is 0 Å². The van der Waals surface area contributed by atoms with Crippen LogP contribution in [0, 0.1) is 5.92 Å². The Balaban J connectivity index is 0.00000225. The van der Waals surface area contributed by atoms with Crippen molar-refractivity contribution in [1.29, 1.82) is 0 Å². The van der Waals surface area contributed by atoms with Gasteiger partial charge in [-0.25, -0.2) is 0 Å². The van der Waals surface area contributed by atoms with Crippen LogP contribution in [0.4, 0.5) is 0 Å². The van der Waals surface area contributed by atoms with E-state index in [9.17, 15) is 4.79 Å². The summed E-state index contributed by atoms with van der Waals surface area (Å²) in [6, 6.07) is 0. The highest BCUT2D eigenvalue weighted by molar-refractivity contribution is 5.85. The molecule has 1 saturated heterocycles. The molecule has 0 aromatic carbocycles. The van der Waals surface area contributed by atoms with Gasteiger partial charge < -0.3 is 10.6 Å². The monoisotopic (exact) mass is 248 g/mol. The Labute approximate surface area is 105 Å². The van der Waals surface area contributed by atoms with E-state index in [2.05, 4.69) is 31.4 Å². The third-order valence-corrected chi connectivity index (χ3v) is 3.70. The second-order valence-electron chi connectivity index (χ2n) is 4.78. The molecule has 1 amide bonds. The number of nitrogens with one attached hydrogen (secondary N) is 2. The molecule has 0 unspecified atom stereocenters. The highest BCUT2D eigenvalue weighted by Crippen LogP contribution is 2.17. The summed E-state index contributed by atoms with van der Waals surface area (Å²) in [7, 11) is 0. The van der Waals surface area contributed by atoms with Crippen molar-refractivity contribution in [2.45, 2.75) is 52.0 Å². The van der Waals surface area contributed by atoms with Crippen molar-refractivity contribution in [3.8, 4) is 0 Å². The third-order valence-electron chi connectivity index (χ3n) is 3.70. The Kier molecular flexibility index (Phi) is 7.00. The molecule has 1 heterocycles. The maximum Gasteiger partial charge on any atom is 0.223 e. The standard InChI is InChI=1S/C12H24N2O.ClH/c1-4-12(3,5-2)14-11(15)10-6-8-13-9-7-10;/h10,13H,4-9H2,1-3H3,(H,14,15);1H. The van der Waals surface area contributed by atoms with Gasteiger partial charge in [0.2, 0.25) is 5.91 Å². The molecule has 96 valence electrons. The van der Waals surface area contributed by atoms with Crippen LogP contribution < -0.4 is 10.6 Å². The van der Waals surface area contributed by atoms with Crippen molar-refractivity contribution >= 4 is 18.3 Å².